The normalized spacial score (nSPS) is 17.6. The first-order chi connectivity index (χ1) is 16.0. The van der Waals surface area contributed by atoms with Gasteiger partial charge in [0.15, 0.2) is 0 Å². The van der Waals surface area contributed by atoms with Crippen LogP contribution in [0, 0.1) is 0 Å². The summed E-state index contributed by atoms with van der Waals surface area (Å²) in [5, 5.41) is 5.03. The van der Waals surface area contributed by atoms with Crippen LogP contribution in [0.5, 0.6) is 0 Å². The zero-order valence-electron chi connectivity index (χ0n) is 18.3. The van der Waals surface area contributed by atoms with Gasteiger partial charge in [0.2, 0.25) is 17.7 Å². The van der Waals surface area contributed by atoms with Gasteiger partial charge >= 0.3 is 0 Å². The summed E-state index contributed by atoms with van der Waals surface area (Å²) in [6.07, 6.45) is 0.459. The number of hydrogen-bond donors (Lipinski definition) is 2. The van der Waals surface area contributed by atoms with E-state index >= 15 is 0 Å². The summed E-state index contributed by atoms with van der Waals surface area (Å²) in [5.41, 5.74) is 1.56. The van der Waals surface area contributed by atoms with Gasteiger partial charge in [0, 0.05) is 29.8 Å². The van der Waals surface area contributed by atoms with Crippen molar-refractivity contribution in [2.75, 3.05) is 51.5 Å². The number of piperidine rings is 1. The van der Waals surface area contributed by atoms with Gasteiger partial charge in [-0.25, -0.2) is 0 Å². The van der Waals surface area contributed by atoms with Crippen molar-refractivity contribution in [3.8, 4) is 0 Å². The summed E-state index contributed by atoms with van der Waals surface area (Å²) >= 11 is 0. The first-order valence-corrected chi connectivity index (χ1v) is 10.7. The third kappa shape index (κ3) is 6.67. The lowest BCUT2D eigenvalue weighted by molar-refractivity contribution is -0.137. The van der Waals surface area contributed by atoms with Crippen molar-refractivity contribution < 1.29 is 33.4 Å². The molecule has 0 radical (unpaired) electrons. The number of nitrogens with one attached hydrogen (secondary N) is 2. The number of benzene rings is 1. The molecule has 11 heteroatoms. The van der Waals surface area contributed by atoms with Crippen LogP contribution in [-0.2, 0) is 35.1 Å². The molecule has 0 aromatic heterocycles. The first-order valence-electron chi connectivity index (χ1n) is 10.7. The molecule has 1 fully saturated rings. The quantitative estimate of drug-likeness (QED) is 0.243. The first kappa shape index (κ1) is 24.5. The summed E-state index contributed by atoms with van der Waals surface area (Å²) < 4.78 is 15.9. The Labute approximate surface area is 191 Å². The molecule has 3 rings (SSSR count). The molecule has 1 aromatic rings. The van der Waals surface area contributed by atoms with Crippen LogP contribution in [0.15, 0.2) is 23.2 Å². The predicted octanol–water partition coefficient (Wildman–Crippen LogP) is 0.137. The number of amides is 4. The average molecular weight is 460 g/mol. The maximum Gasteiger partial charge on any atom is 0.255 e. The van der Waals surface area contributed by atoms with E-state index < -0.39 is 11.9 Å². The Morgan fingerprint density at radius 1 is 1.12 bits per heavy atom. The SMILES string of the molecule is C=NCCOCCOCCOCC(=O)Nc1cccc2c1CN(C1CCC(=O)NC1=O)C2=O. The third-order valence-corrected chi connectivity index (χ3v) is 5.23. The molecule has 0 aliphatic carbocycles. The molecule has 11 nitrogen and oxygen atoms in total. The van der Waals surface area contributed by atoms with E-state index in [4.69, 9.17) is 14.2 Å². The molecule has 1 aromatic carbocycles. The van der Waals surface area contributed by atoms with Crippen molar-refractivity contribution in [2.24, 2.45) is 4.99 Å². The van der Waals surface area contributed by atoms with Crippen LogP contribution in [0.1, 0.15) is 28.8 Å². The highest BCUT2D eigenvalue weighted by Crippen LogP contribution is 2.32. The minimum atomic E-state index is -0.710. The number of hydrogen-bond acceptors (Lipinski definition) is 8. The maximum absolute atomic E-state index is 12.8. The molecule has 2 aliphatic heterocycles. The Bertz CT molecular complexity index is 905. The Kier molecular flexibility index (Phi) is 9.04. The highest BCUT2D eigenvalue weighted by Gasteiger charge is 2.39. The maximum atomic E-state index is 12.8. The van der Waals surface area contributed by atoms with Crippen molar-refractivity contribution >= 4 is 36.0 Å². The summed E-state index contributed by atoms with van der Waals surface area (Å²) in [6.45, 7) is 5.86. The number of carbonyl (C=O) groups excluding carboxylic acids is 4. The van der Waals surface area contributed by atoms with E-state index in [1.807, 2.05) is 0 Å². The van der Waals surface area contributed by atoms with Crippen molar-refractivity contribution in [1.82, 2.24) is 10.2 Å². The number of anilines is 1. The van der Waals surface area contributed by atoms with Gasteiger partial charge in [-0.05, 0) is 25.3 Å². The molecular formula is C22H28N4O7. The number of carbonyl (C=O) groups is 4. The topological polar surface area (TPSA) is 136 Å². The number of aliphatic imine (C=N–C) groups is 1. The van der Waals surface area contributed by atoms with Crippen LogP contribution in [0.25, 0.3) is 0 Å². The third-order valence-electron chi connectivity index (χ3n) is 5.23. The molecule has 178 valence electrons. The van der Waals surface area contributed by atoms with E-state index in [2.05, 4.69) is 22.3 Å². The monoisotopic (exact) mass is 460 g/mol. The van der Waals surface area contributed by atoms with Gasteiger partial charge in [0.25, 0.3) is 5.91 Å². The van der Waals surface area contributed by atoms with Gasteiger partial charge in [-0.1, -0.05) is 6.07 Å². The van der Waals surface area contributed by atoms with Crippen LogP contribution in [0.3, 0.4) is 0 Å². The second-order valence-corrected chi connectivity index (χ2v) is 7.50. The van der Waals surface area contributed by atoms with Gasteiger partial charge < -0.3 is 24.4 Å². The Balaban J connectivity index is 1.43. The standard InChI is InChI=1S/C22H28N4O7/c1-23-7-8-31-9-10-32-11-12-33-14-20(28)24-17-4-2-3-15-16(17)13-26(22(15)30)18-5-6-19(27)25-21(18)29/h2-4,18H,1,5-14H2,(H,24,28)(H,25,27,29). The predicted molar refractivity (Wildman–Crippen MR) is 118 cm³/mol. The lowest BCUT2D eigenvalue weighted by Crippen LogP contribution is -2.52. The summed E-state index contributed by atoms with van der Waals surface area (Å²) in [5.74, 6) is -1.48. The molecule has 1 atom stereocenters. The van der Waals surface area contributed by atoms with Gasteiger partial charge in [-0.3, -0.25) is 29.5 Å². The lowest BCUT2D eigenvalue weighted by atomic mass is 10.0. The molecule has 33 heavy (non-hydrogen) atoms. The van der Waals surface area contributed by atoms with Crippen LogP contribution in [-0.4, -0.2) is 87.5 Å². The average Bonchev–Trinajstić information content (AvgIpc) is 3.12. The van der Waals surface area contributed by atoms with Crippen LogP contribution >= 0.6 is 0 Å². The fourth-order valence-corrected chi connectivity index (χ4v) is 3.62. The Morgan fingerprint density at radius 3 is 2.58 bits per heavy atom. The van der Waals surface area contributed by atoms with Crippen molar-refractivity contribution in [3.05, 3.63) is 29.3 Å². The highest BCUT2D eigenvalue weighted by atomic mass is 16.5. The molecule has 0 spiro atoms. The highest BCUT2D eigenvalue weighted by molar-refractivity contribution is 6.06. The lowest BCUT2D eigenvalue weighted by Gasteiger charge is -2.29. The largest absolute Gasteiger partial charge is 0.377 e. The van der Waals surface area contributed by atoms with Gasteiger partial charge in [0.05, 0.1) is 39.6 Å². The molecule has 4 amide bonds. The van der Waals surface area contributed by atoms with Gasteiger partial charge in [-0.2, -0.15) is 0 Å². The number of rotatable bonds is 13. The number of imide groups is 1. The van der Waals surface area contributed by atoms with Gasteiger partial charge in [0.1, 0.15) is 12.6 Å². The second kappa shape index (κ2) is 12.2. The van der Waals surface area contributed by atoms with E-state index in [0.717, 1.165) is 0 Å². The Hall–Kier alpha value is -3.15. The number of ether oxygens (including phenoxy) is 3. The smallest absolute Gasteiger partial charge is 0.255 e. The van der Waals surface area contributed by atoms with Crippen molar-refractivity contribution in [3.63, 3.8) is 0 Å². The fourth-order valence-electron chi connectivity index (χ4n) is 3.62. The van der Waals surface area contributed by atoms with Crippen LogP contribution in [0.4, 0.5) is 5.69 Å². The zero-order valence-corrected chi connectivity index (χ0v) is 18.3. The van der Waals surface area contributed by atoms with Crippen molar-refractivity contribution in [2.45, 2.75) is 25.4 Å². The Morgan fingerprint density at radius 2 is 1.85 bits per heavy atom. The molecule has 2 N–H and O–H groups in total. The number of nitrogens with zero attached hydrogens (tertiary/aromatic N) is 2. The molecular weight excluding hydrogens is 432 g/mol. The minimum absolute atomic E-state index is 0.167. The van der Waals surface area contributed by atoms with Crippen molar-refractivity contribution in [1.29, 1.82) is 0 Å². The molecule has 2 heterocycles. The molecule has 0 bridgehead atoms. The second-order valence-electron chi connectivity index (χ2n) is 7.50. The van der Waals surface area contributed by atoms with E-state index in [-0.39, 0.29) is 50.3 Å². The summed E-state index contributed by atoms with van der Waals surface area (Å²) in [6, 6.07) is 4.31. The summed E-state index contributed by atoms with van der Waals surface area (Å²) in [7, 11) is 0. The molecule has 1 saturated heterocycles. The molecule has 2 aliphatic rings. The fraction of sp³-hybridized carbons (Fsp3) is 0.500. The van der Waals surface area contributed by atoms with E-state index in [9.17, 15) is 19.2 Å². The molecule has 1 unspecified atom stereocenters. The minimum Gasteiger partial charge on any atom is -0.377 e. The van der Waals surface area contributed by atoms with E-state index in [1.165, 1.54) is 4.90 Å². The van der Waals surface area contributed by atoms with E-state index in [0.29, 0.717) is 49.8 Å². The van der Waals surface area contributed by atoms with Gasteiger partial charge in [-0.15, -0.1) is 0 Å². The van der Waals surface area contributed by atoms with E-state index in [1.54, 1.807) is 18.2 Å². The molecule has 0 saturated carbocycles. The number of fused-ring (bicyclic) bond motifs is 1. The zero-order chi connectivity index (χ0) is 23.6. The summed E-state index contributed by atoms with van der Waals surface area (Å²) in [4.78, 5) is 53.8. The van der Waals surface area contributed by atoms with Crippen LogP contribution < -0.4 is 10.6 Å². The van der Waals surface area contributed by atoms with Crippen LogP contribution in [0.2, 0.25) is 0 Å².